The van der Waals surface area contributed by atoms with E-state index in [2.05, 4.69) is 25.9 Å². The van der Waals surface area contributed by atoms with Crippen molar-refractivity contribution >= 4 is 44.9 Å². The summed E-state index contributed by atoms with van der Waals surface area (Å²) in [6.45, 7) is 3.32. The van der Waals surface area contributed by atoms with Gasteiger partial charge in [-0.15, -0.1) is 11.3 Å². The maximum absolute atomic E-state index is 13.0. The molecule has 3 aromatic rings. The summed E-state index contributed by atoms with van der Waals surface area (Å²) in [6, 6.07) is 6.62. The standard InChI is InChI=1S/C23H27N5O5S/c1-13-18-21(32-3)27-17(12-31-2)28-22(18)34-19(13)20(29)25-14-6-8-15(9-7-14)26-23(30)24-11-16-5-4-10-33-16/h6-9,16H,4-5,10-12H2,1-3H3,(H,25,29)(H2,24,26,30). The van der Waals surface area contributed by atoms with Crippen molar-refractivity contribution in [3.05, 3.63) is 40.5 Å². The van der Waals surface area contributed by atoms with E-state index >= 15 is 0 Å². The molecule has 180 valence electrons. The van der Waals surface area contributed by atoms with Gasteiger partial charge in [0.2, 0.25) is 5.88 Å². The molecule has 11 heteroatoms. The molecule has 1 fully saturated rings. The van der Waals surface area contributed by atoms with Crippen LogP contribution < -0.4 is 20.7 Å². The Hall–Kier alpha value is -3.28. The normalized spacial score (nSPS) is 15.3. The number of carbonyl (C=O) groups excluding carboxylic acids is 2. The number of urea groups is 1. The Balaban J connectivity index is 1.41. The van der Waals surface area contributed by atoms with Crippen molar-refractivity contribution in [1.82, 2.24) is 15.3 Å². The molecule has 1 saturated heterocycles. The first-order chi connectivity index (χ1) is 16.5. The summed E-state index contributed by atoms with van der Waals surface area (Å²) < 4.78 is 16.0. The van der Waals surface area contributed by atoms with Crippen LogP contribution in [0, 0.1) is 6.92 Å². The zero-order valence-corrected chi connectivity index (χ0v) is 20.1. The molecule has 1 aliphatic rings. The lowest BCUT2D eigenvalue weighted by molar-refractivity contribution is 0.103. The van der Waals surface area contributed by atoms with Crippen LogP contribution in [0.1, 0.15) is 33.9 Å². The average Bonchev–Trinajstić information content (AvgIpc) is 3.47. The largest absolute Gasteiger partial charge is 0.480 e. The van der Waals surface area contributed by atoms with Crippen molar-refractivity contribution in [2.45, 2.75) is 32.5 Å². The second-order valence-electron chi connectivity index (χ2n) is 7.82. The Kier molecular flexibility index (Phi) is 7.56. The first-order valence-corrected chi connectivity index (χ1v) is 11.7. The molecule has 0 aliphatic carbocycles. The Labute approximate surface area is 201 Å². The molecule has 1 aromatic carbocycles. The van der Waals surface area contributed by atoms with Gasteiger partial charge in [-0.2, -0.15) is 4.98 Å². The van der Waals surface area contributed by atoms with Gasteiger partial charge in [0.25, 0.3) is 5.91 Å². The van der Waals surface area contributed by atoms with Crippen molar-refractivity contribution in [1.29, 1.82) is 0 Å². The lowest BCUT2D eigenvalue weighted by Gasteiger charge is -2.12. The zero-order chi connectivity index (χ0) is 24.1. The molecule has 0 bridgehead atoms. The second kappa shape index (κ2) is 10.8. The Morgan fingerprint density at radius 1 is 1.15 bits per heavy atom. The van der Waals surface area contributed by atoms with Gasteiger partial charge in [0, 0.05) is 31.6 Å². The van der Waals surface area contributed by atoms with E-state index in [1.165, 1.54) is 18.4 Å². The van der Waals surface area contributed by atoms with Crippen LogP contribution in [0.2, 0.25) is 0 Å². The maximum atomic E-state index is 13.0. The molecule has 3 N–H and O–H groups in total. The zero-order valence-electron chi connectivity index (χ0n) is 19.3. The fourth-order valence-electron chi connectivity index (χ4n) is 3.71. The van der Waals surface area contributed by atoms with E-state index in [0.717, 1.165) is 25.0 Å². The molecule has 3 heterocycles. The van der Waals surface area contributed by atoms with E-state index in [1.54, 1.807) is 31.4 Å². The third kappa shape index (κ3) is 5.44. The molecule has 34 heavy (non-hydrogen) atoms. The summed E-state index contributed by atoms with van der Waals surface area (Å²) >= 11 is 1.27. The summed E-state index contributed by atoms with van der Waals surface area (Å²) in [5.74, 6) is 0.645. The molecular weight excluding hydrogens is 458 g/mol. The van der Waals surface area contributed by atoms with E-state index in [1.807, 2.05) is 6.92 Å². The number of hydrogen-bond acceptors (Lipinski definition) is 8. The van der Waals surface area contributed by atoms with Crippen molar-refractivity contribution in [3.8, 4) is 5.88 Å². The second-order valence-corrected chi connectivity index (χ2v) is 8.82. The average molecular weight is 486 g/mol. The van der Waals surface area contributed by atoms with Gasteiger partial charge in [-0.05, 0) is 49.6 Å². The van der Waals surface area contributed by atoms with Crippen LogP contribution in [-0.2, 0) is 16.1 Å². The Bertz CT molecular complexity index is 1170. The highest BCUT2D eigenvalue weighted by Gasteiger charge is 2.21. The first kappa shape index (κ1) is 23.9. The van der Waals surface area contributed by atoms with Gasteiger partial charge >= 0.3 is 6.03 Å². The van der Waals surface area contributed by atoms with Gasteiger partial charge in [-0.3, -0.25) is 4.79 Å². The van der Waals surface area contributed by atoms with Crippen molar-refractivity contribution in [2.75, 3.05) is 38.0 Å². The van der Waals surface area contributed by atoms with Crippen molar-refractivity contribution in [3.63, 3.8) is 0 Å². The number of hydrogen-bond donors (Lipinski definition) is 3. The minimum Gasteiger partial charge on any atom is -0.480 e. The highest BCUT2D eigenvalue weighted by atomic mass is 32.1. The number of nitrogens with one attached hydrogen (secondary N) is 3. The number of aromatic nitrogens is 2. The van der Waals surface area contributed by atoms with Crippen LogP contribution in [0.25, 0.3) is 10.2 Å². The van der Waals surface area contributed by atoms with E-state index < -0.39 is 0 Å². The highest BCUT2D eigenvalue weighted by Crippen LogP contribution is 2.35. The van der Waals surface area contributed by atoms with Gasteiger partial charge < -0.3 is 30.2 Å². The van der Waals surface area contributed by atoms with Crippen LogP contribution in [0.3, 0.4) is 0 Å². The molecule has 10 nitrogen and oxygen atoms in total. The van der Waals surface area contributed by atoms with Crippen molar-refractivity contribution < 1.29 is 23.8 Å². The number of aryl methyl sites for hydroxylation is 1. The van der Waals surface area contributed by atoms with Gasteiger partial charge in [0.1, 0.15) is 11.4 Å². The molecule has 0 saturated carbocycles. The molecule has 2 aromatic heterocycles. The minimum absolute atomic E-state index is 0.0817. The first-order valence-electron chi connectivity index (χ1n) is 10.9. The number of anilines is 2. The Morgan fingerprint density at radius 2 is 1.88 bits per heavy atom. The van der Waals surface area contributed by atoms with Crippen LogP contribution in [0.4, 0.5) is 16.2 Å². The van der Waals surface area contributed by atoms with Crippen LogP contribution in [0.5, 0.6) is 5.88 Å². The minimum atomic E-state index is -0.295. The molecule has 1 aliphatic heterocycles. The molecule has 0 radical (unpaired) electrons. The topological polar surface area (TPSA) is 124 Å². The Morgan fingerprint density at radius 3 is 2.53 bits per heavy atom. The fraction of sp³-hybridized carbons (Fsp3) is 0.391. The predicted molar refractivity (Wildman–Crippen MR) is 130 cm³/mol. The number of rotatable bonds is 8. The molecule has 0 spiro atoms. The summed E-state index contributed by atoms with van der Waals surface area (Å²) in [7, 11) is 3.10. The number of carbonyl (C=O) groups is 2. The number of benzene rings is 1. The van der Waals surface area contributed by atoms with Crippen LogP contribution >= 0.6 is 11.3 Å². The van der Waals surface area contributed by atoms with E-state index in [9.17, 15) is 9.59 Å². The smallest absolute Gasteiger partial charge is 0.319 e. The maximum Gasteiger partial charge on any atom is 0.319 e. The third-order valence-corrected chi connectivity index (χ3v) is 6.58. The third-order valence-electron chi connectivity index (χ3n) is 5.39. The number of methoxy groups -OCH3 is 2. The number of nitrogens with zero attached hydrogens (tertiary/aromatic N) is 2. The van der Waals surface area contributed by atoms with Gasteiger partial charge in [0.05, 0.1) is 23.5 Å². The molecule has 1 unspecified atom stereocenters. The predicted octanol–water partition coefficient (Wildman–Crippen LogP) is 3.71. The van der Waals surface area contributed by atoms with Crippen molar-refractivity contribution in [2.24, 2.45) is 0 Å². The lowest BCUT2D eigenvalue weighted by atomic mass is 10.2. The quantitative estimate of drug-likeness (QED) is 0.444. The van der Waals surface area contributed by atoms with E-state index in [4.69, 9.17) is 14.2 Å². The van der Waals surface area contributed by atoms with E-state index in [0.29, 0.717) is 44.7 Å². The number of thiophene rings is 1. The lowest BCUT2D eigenvalue weighted by Crippen LogP contribution is -2.35. The number of ether oxygens (including phenoxy) is 3. The summed E-state index contributed by atoms with van der Waals surface area (Å²) in [6.07, 6.45) is 2.07. The molecule has 3 amide bonds. The van der Waals surface area contributed by atoms with Gasteiger partial charge in [-0.1, -0.05) is 0 Å². The van der Waals surface area contributed by atoms with Crippen LogP contribution in [-0.4, -0.2) is 55.4 Å². The number of fused-ring (bicyclic) bond motifs is 1. The summed E-state index contributed by atoms with van der Waals surface area (Å²) in [5.41, 5.74) is 1.97. The SMILES string of the molecule is COCc1nc(OC)c2c(C)c(C(=O)Nc3ccc(NC(=O)NCC4CCCO4)cc3)sc2n1. The molecule has 4 rings (SSSR count). The fourth-order valence-corrected chi connectivity index (χ4v) is 4.80. The number of amides is 3. The molecular formula is C23H27N5O5S. The molecule has 1 atom stereocenters. The van der Waals surface area contributed by atoms with Crippen LogP contribution in [0.15, 0.2) is 24.3 Å². The highest BCUT2D eigenvalue weighted by molar-refractivity contribution is 7.20. The van der Waals surface area contributed by atoms with E-state index in [-0.39, 0.29) is 24.6 Å². The summed E-state index contributed by atoms with van der Waals surface area (Å²) in [4.78, 5) is 35.1. The monoisotopic (exact) mass is 485 g/mol. The van der Waals surface area contributed by atoms with Gasteiger partial charge in [0.15, 0.2) is 5.82 Å². The summed E-state index contributed by atoms with van der Waals surface area (Å²) in [5, 5.41) is 9.19. The van der Waals surface area contributed by atoms with Gasteiger partial charge in [-0.25, -0.2) is 9.78 Å².